The molecule has 2 rings (SSSR count). The first-order chi connectivity index (χ1) is 8.20. The lowest BCUT2D eigenvalue weighted by atomic mass is 9.92. The summed E-state index contributed by atoms with van der Waals surface area (Å²) in [6, 6.07) is 5.24. The highest BCUT2D eigenvalue weighted by Gasteiger charge is 2.22. The lowest BCUT2D eigenvalue weighted by Gasteiger charge is -2.35. The third-order valence-corrected chi connectivity index (χ3v) is 3.82. The summed E-state index contributed by atoms with van der Waals surface area (Å²) in [6.45, 7) is 2.12. The van der Waals surface area contributed by atoms with Gasteiger partial charge >= 0.3 is 0 Å². The highest BCUT2D eigenvalue weighted by Crippen LogP contribution is 2.26. The van der Waals surface area contributed by atoms with Crippen molar-refractivity contribution in [3.05, 3.63) is 23.9 Å². The Morgan fingerprint density at radius 3 is 2.71 bits per heavy atom. The van der Waals surface area contributed by atoms with E-state index in [9.17, 15) is 0 Å². The van der Waals surface area contributed by atoms with E-state index < -0.39 is 0 Å². The molecule has 1 unspecified atom stereocenters. The van der Waals surface area contributed by atoms with E-state index in [1.165, 1.54) is 24.8 Å². The van der Waals surface area contributed by atoms with Crippen LogP contribution in [0.1, 0.15) is 38.2 Å². The topological polar surface area (TPSA) is 42.1 Å². The average molecular weight is 233 g/mol. The van der Waals surface area contributed by atoms with Gasteiger partial charge in [0.25, 0.3) is 0 Å². The Morgan fingerprint density at radius 2 is 2.24 bits per heavy atom. The molecular formula is C14H23N3. The number of hydrogen-bond donors (Lipinski definition) is 1. The van der Waals surface area contributed by atoms with Crippen molar-refractivity contribution in [1.29, 1.82) is 0 Å². The third-order valence-electron chi connectivity index (χ3n) is 3.82. The van der Waals surface area contributed by atoms with E-state index >= 15 is 0 Å². The van der Waals surface area contributed by atoms with E-state index in [0.717, 1.165) is 18.7 Å². The van der Waals surface area contributed by atoms with Crippen LogP contribution >= 0.6 is 0 Å². The molecule has 0 radical (unpaired) electrons. The van der Waals surface area contributed by atoms with E-state index in [-0.39, 0.29) is 6.04 Å². The minimum absolute atomic E-state index is 0.256. The fourth-order valence-corrected chi connectivity index (χ4v) is 2.15. The van der Waals surface area contributed by atoms with Gasteiger partial charge in [-0.25, -0.2) is 4.98 Å². The maximum absolute atomic E-state index is 5.94. The predicted molar refractivity (Wildman–Crippen MR) is 72.2 cm³/mol. The van der Waals surface area contributed by atoms with Crippen molar-refractivity contribution in [3.8, 4) is 0 Å². The first kappa shape index (κ1) is 12.4. The summed E-state index contributed by atoms with van der Waals surface area (Å²) in [4.78, 5) is 6.84. The maximum atomic E-state index is 5.94. The van der Waals surface area contributed by atoms with Gasteiger partial charge in [-0.05, 0) is 43.7 Å². The summed E-state index contributed by atoms with van der Waals surface area (Å²) in [5.74, 6) is 1.09. The second kappa shape index (κ2) is 5.50. The van der Waals surface area contributed by atoms with Crippen LogP contribution in [0.25, 0.3) is 0 Å². The molecule has 17 heavy (non-hydrogen) atoms. The zero-order chi connectivity index (χ0) is 12.3. The summed E-state index contributed by atoms with van der Waals surface area (Å²) in [7, 11) is 2.14. The third kappa shape index (κ3) is 2.97. The Kier molecular flexibility index (Phi) is 4.00. The van der Waals surface area contributed by atoms with Gasteiger partial charge < -0.3 is 10.6 Å². The first-order valence-corrected chi connectivity index (χ1v) is 6.64. The molecule has 0 bridgehead atoms. The molecule has 1 aliphatic rings. The quantitative estimate of drug-likeness (QED) is 0.849. The van der Waals surface area contributed by atoms with Crippen LogP contribution in [-0.4, -0.2) is 24.1 Å². The van der Waals surface area contributed by atoms with Gasteiger partial charge in [0.1, 0.15) is 5.82 Å². The number of aromatic nitrogens is 1. The second-order valence-corrected chi connectivity index (χ2v) is 5.09. The van der Waals surface area contributed by atoms with Crippen LogP contribution < -0.4 is 10.6 Å². The van der Waals surface area contributed by atoms with Crippen molar-refractivity contribution in [2.24, 2.45) is 5.73 Å². The monoisotopic (exact) mass is 233 g/mol. The SMILES string of the molecule is CCC(N)Cc1ccc(N(C)C2CCC2)nc1. The number of nitrogens with zero attached hydrogens (tertiary/aromatic N) is 2. The highest BCUT2D eigenvalue weighted by atomic mass is 15.2. The Morgan fingerprint density at radius 1 is 1.47 bits per heavy atom. The van der Waals surface area contributed by atoms with Crippen LogP contribution in [0.4, 0.5) is 5.82 Å². The molecule has 1 heterocycles. The number of pyridine rings is 1. The van der Waals surface area contributed by atoms with Gasteiger partial charge in [-0.2, -0.15) is 0 Å². The molecule has 1 aromatic rings. The molecule has 0 amide bonds. The van der Waals surface area contributed by atoms with Gasteiger partial charge in [0.2, 0.25) is 0 Å². The molecule has 3 heteroatoms. The minimum atomic E-state index is 0.256. The van der Waals surface area contributed by atoms with Crippen molar-refractivity contribution < 1.29 is 0 Å². The smallest absolute Gasteiger partial charge is 0.128 e. The van der Waals surface area contributed by atoms with Crippen LogP contribution in [0.15, 0.2) is 18.3 Å². The zero-order valence-corrected chi connectivity index (χ0v) is 10.9. The van der Waals surface area contributed by atoms with Gasteiger partial charge in [-0.15, -0.1) is 0 Å². The van der Waals surface area contributed by atoms with Gasteiger partial charge in [-0.1, -0.05) is 13.0 Å². The van der Waals surface area contributed by atoms with Gasteiger partial charge in [-0.3, -0.25) is 0 Å². The van der Waals surface area contributed by atoms with E-state index in [4.69, 9.17) is 5.73 Å². The fraction of sp³-hybridized carbons (Fsp3) is 0.643. The molecule has 1 aromatic heterocycles. The van der Waals surface area contributed by atoms with Crippen molar-refractivity contribution in [2.75, 3.05) is 11.9 Å². The summed E-state index contributed by atoms with van der Waals surface area (Å²) in [5.41, 5.74) is 7.18. The molecule has 1 aliphatic carbocycles. The average Bonchev–Trinajstić information content (AvgIpc) is 2.27. The highest BCUT2D eigenvalue weighted by molar-refractivity contribution is 5.40. The molecule has 0 aliphatic heterocycles. The number of anilines is 1. The van der Waals surface area contributed by atoms with Crippen molar-refractivity contribution in [1.82, 2.24) is 4.98 Å². The van der Waals surface area contributed by atoms with Crippen LogP contribution in [0.2, 0.25) is 0 Å². The Hall–Kier alpha value is -1.09. The summed E-state index contributed by atoms with van der Waals surface area (Å²) in [5, 5.41) is 0. The van der Waals surface area contributed by atoms with Crippen molar-refractivity contribution in [2.45, 2.75) is 51.1 Å². The van der Waals surface area contributed by atoms with Crippen LogP contribution in [0.3, 0.4) is 0 Å². The molecule has 1 fully saturated rings. The molecule has 1 atom stereocenters. The summed E-state index contributed by atoms with van der Waals surface area (Å²) >= 11 is 0. The maximum Gasteiger partial charge on any atom is 0.128 e. The van der Waals surface area contributed by atoms with E-state index in [0.29, 0.717) is 6.04 Å². The standard InChI is InChI=1S/C14H23N3/c1-3-12(15)9-11-7-8-14(16-10-11)17(2)13-5-4-6-13/h7-8,10,12-13H,3-6,9,15H2,1-2H3. The molecule has 2 N–H and O–H groups in total. The molecular weight excluding hydrogens is 210 g/mol. The molecule has 1 saturated carbocycles. The predicted octanol–water partition coefficient (Wildman–Crippen LogP) is 2.35. The number of hydrogen-bond acceptors (Lipinski definition) is 3. The van der Waals surface area contributed by atoms with E-state index in [2.05, 4.69) is 36.0 Å². The largest absolute Gasteiger partial charge is 0.357 e. The zero-order valence-electron chi connectivity index (χ0n) is 10.9. The lowest BCUT2D eigenvalue weighted by Crippen LogP contribution is -2.37. The van der Waals surface area contributed by atoms with E-state index in [1.807, 2.05) is 6.20 Å². The lowest BCUT2D eigenvalue weighted by molar-refractivity contribution is 0.399. The Labute approximate surface area is 104 Å². The fourth-order valence-electron chi connectivity index (χ4n) is 2.15. The molecule has 94 valence electrons. The minimum Gasteiger partial charge on any atom is -0.357 e. The molecule has 0 spiro atoms. The van der Waals surface area contributed by atoms with Gasteiger partial charge in [0, 0.05) is 25.3 Å². The molecule has 0 aromatic carbocycles. The molecule has 3 nitrogen and oxygen atoms in total. The Bertz CT molecular complexity index is 343. The van der Waals surface area contributed by atoms with Gasteiger partial charge in [0.15, 0.2) is 0 Å². The molecule has 0 saturated heterocycles. The Balaban J connectivity index is 1.97. The summed E-state index contributed by atoms with van der Waals surface area (Å²) < 4.78 is 0. The van der Waals surface area contributed by atoms with Crippen molar-refractivity contribution >= 4 is 5.82 Å². The van der Waals surface area contributed by atoms with Crippen LogP contribution in [-0.2, 0) is 6.42 Å². The van der Waals surface area contributed by atoms with Crippen LogP contribution in [0.5, 0.6) is 0 Å². The van der Waals surface area contributed by atoms with Crippen LogP contribution in [0, 0.1) is 0 Å². The number of rotatable bonds is 5. The normalized spacial score (nSPS) is 17.6. The van der Waals surface area contributed by atoms with Gasteiger partial charge in [0.05, 0.1) is 0 Å². The van der Waals surface area contributed by atoms with Crippen molar-refractivity contribution in [3.63, 3.8) is 0 Å². The number of nitrogens with two attached hydrogens (primary N) is 1. The summed E-state index contributed by atoms with van der Waals surface area (Å²) in [6.07, 6.45) is 7.89. The van der Waals surface area contributed by atoms with E-state index in [1.54, 1.807) is 0 Å². The second-order valence-electron chi connectivity index (χ2n) is 5.09. The first-order valence-electron chi connectivity index (χ1n) is 6.64.